The van der Waals surface area contributed by atoms with Gasteiger partial charge in [-0.3, -0.25) is 4.79 Å². The Morgan fingerprint density at radius 1 is 1.25 bits per heavy atom. The van der Waals surface area contributed by atoms with Crippen LogP contribution in [0.25, 0.3) is 0 Å². The third kappa shape index (κ3) is 4.04. The maximum Gasteiger partial charge on any atom is 0.222 e. The number of likely N-dealkylation sites (tertiary alicyclic amines) is 1. The minimum atomic E-state index is 0.320. The first-order valence-corrected chi connectivity index (χ1v) is 9.26. The van der Waals surface area contributed by atoms with Crippen LogP contribution in [0.1, 0.15) is 50.0 Å². The zero-order valence-electron chi connectivity index (χ0n) is 14.7. The normalized spacial score (nSPS) is 21.6. The molecule has 2 N–H and O–H groups in total. The Morgan fingerprint density at radius 3 is 2.88 bits per heavy atom. The van der Waals surface area contributed by atoms with Crippen LogP contribution in [0.15, 0.2) is 6.07 Å². The number of nitrogens with zero attached hydrogens (tertiary/aromatic N) is 4. The van der Waals surface area contributed by atoms with Crippen LogP contribution >= 0.6 is 0 Å². The van der Waals surface area contributed by atoms with Gasteiger partial charge in [0.1, 0.15) is 11.6 Å². The van der Waals surface area contributed by atoms with Gasteiger partial charge in [0.25, 0.3) is 0 Å². The van der Waals surface area contributed by atoms with Crippen molar-refractivity contribution in [1.82, 2.24) is 14.9 Å². The number of rotatable bonds is 6. The number of hydrogen-bond acceptors (Lipinski definition) is 5. The molecule has 0 radical (unpaired) electrons. The van der Waals surface area contributed by atoms with Gasteiger partial charge in [-0.05, 0) is 45.6 Å². The highest BCUT2D eigenvalue weighted by Crippen LogP contribution is 2.26. The van der Waals surface area contributed by atoms with Crippen molar-refractivity contribution in [2.45, 2.75) is 57.9 Å². The molecule has 1 aromatic rings. The van der Waals surface area contributed by atoms with Crippen LogP contribution in [0.4, 0.5) is 5.82 Å². The minimum absolute atomic E-state index is 0.320. The number of carbonyl (C=O) groups is 1. The van der Waals surface area contributed by atoms with E-state index < -0.39 is 0 Å². The first kappa shape index (κ1) is 17.1. The van der Waals surface area contributed by atoms with Gasteiger partial charge in [-0.1, -0.05) is 0 Å². The molecular weight excluding hydrogens is 302 g/mol. The standard InChI is InChI=1S/C18H29N5O/c1-14-20-15(7-9-19)13-17(21-14)23-11-3-2-5-16(23)8-12-22-10-4-6-18(22)24/h13,16H,2-12,19H2,1H3/t16-/m1/s1. The molecule has 2 saturated heterocycles. The minimum Gasteiger partial charge on any atom is -0.353 e. The Kier molecular flexibility index (Phi) is 5.66. The molecule has 1 aromatic heterocycles. The molecule has 2 aliphatic heterocycles. The molecule has 1 amide bonds. The van der Waals surface area contributed by atoms with Crippen molar-refractivity contribution >= 4 is 11.7 Å². The maximum absolute atomic E-state index is 11.8. The Hall–Kier alpha value is -1.69. The van der Waals surface area contributed by atoms with E-state index in [-0.39, 0.29) is 0 Å². The Morgan fingerprint density at radius 2 is 2.12 bits per heavy atom. The SMILES string of the molecule is Cc1nc(CCN)cc(N2CCCC[C@@H]2CCN2CCCC2=O)n1. The quantitative estimate of drug-likeness (QED) is 0.858. The lowest BCUT2D eigenvalue weighted by Gasteiger charge is -2.37. The smallest absolute Gasteiger partial charge is 0.222 e. The lowest BCUT2D eigenvalue weighted by Crippen LogP contribution is -2.42. The van der Waals surface area contributed by atoms with Crippen LogP contribution in [0, 0.1) is 6.92 Å². The molecule has 0 saturated carbocycles. The van der Waals surface area contributed by atoms with E-state index in [0.717, 1.165) is 62.7 Å². The molecule has 0 spiro atoms. The molecule has 3 rings (SSSR count). The number of piperidine rings is 1. The van der Waals surface area contributed by atoms with Gasteiger partial charge in [0.15, 0.2) is 0 Å². The van der Waals surface area contributed by atoms with E-state index in [1.807, 2.05) is 11.8 Å². The second-order valence-electron chi connectivity index (χ2n) is 6.92. The van der Waals surface area contributed by atoms with Crippen molar-refractivity contribution in [3.8, 4) is 0 Å². The number of carbonyl (C=O) groups excluding carboxylic acids is 1. The Labute approximate surface area is 144 Å². The predicted molar refractivity (Wildman–Crippen MR) is 94.9 cm³/mol. The van der Waals surface area contributed by atoms with Crippen LogP contribution in [0.5, 0.6) is 0 Å². The molecule has 1 atom stereocenters. The van der Waals surface area contributed by atoms with Gasteiger partial charge in [-0.25, -0.2) is 9.97 Å². The summed E-state index contributed by atoms with van der Waals surface area (Å²) in [6.07, 6.45) is 7.20. The summed E-state index contributed by atoms with van der Waals surface area (Å²) in [5, 5.41) is 0. The van der Waals surface area contributed by atoms with E-state index in [0.29, 0.717) is 18.5 Å². The van der Waals surface area contributed by atoms with Gasteiger partial charge < -0.3 is 15.5 Å². The second-order valence-corrected chi connectivity index (χ2v) is 6.92. The van der Waals surface area contributed by atoms with Crippen molar-refractivity contribution < 1.29 is 4.79 Å². The average molecular weight is 331 g/mol. The summed E-state index contributed by atoms with van der Waals surface area (Å²) >= 11 is 0. The number of aromatic nitrogens is 2. The number of hydrogen-bond donors (Lipinski definition) is 1. The fraction of sp³-hybridized carbons (Fsp3) is 0.722. The molecule has 2 fully saturated rings. The lowest BCUT2D eigenvalue weighted by molar-refractivity contribution is -0.127. The first-order chi connectivity index (χ1) is 11.7. The molecule has 3 heterocycles. The summed E-state index contributed by atoms with van der Waals surface area (Å²) in [6.45, 7) is 5.40. The molecule has 0 aromatic carbocycles. The molecule has 0 bridgehead atoms. The van der Waals surface area contributed by atoms with E-state index >= 15 is 0 Å². The van der Waals surface area contributed by atoms with Gasteiger partial charge >= 0.3 is 0 Å². The largest absolute Gasteiger partial charge is 0.353 e. The number of nitrogens with two attached hydrogens (primary N) is 1. The van der Waals surface area contributed by atoms with E-state index in [9.17, 15) is 4.79 Å². The molecular formula is C18H29N5O. The highest BCUT2D eigenvalue weighted by atomic mass is 16.2. The number of amides is 1. The summed E-state index contributed by atoms with van der Waals surface area (Å²) in [4.78, 5) is 25.5. The van der Waals surface area contributed by atoms with Crippen molar-refractivity contribution in [2.75, 3.05) is 31.1 Å². The molecule has 2 aliphatic rings. The predicted octanol–water partition coefficient (Wildman–Crippen LogP) is 1.66. The van der Waals surface area contributed by atoms with Gasteiger partial charge in [0.05, 0.1) is 0 Å². The van der Waals surface area contributed by atoms with E-state index in [1.54, 1.807) is 0 Å². The summed E-state index contributed by atoms with van der Waals surface area (Å²) in [6, 6.07) is 2.56. The van der Waals surface area contributed by atoms with Crippen molar-refractivity contribution in [2.24, 2.45) is 5.73 Å². The van der Waals surface area contributed by atoms with Crippen LogP contribution in [-0.4, -0.2) is 53.0 Å². The van der Waals surface area contributed by atoms with Crippen LogP contribution < -0.4 is 10.6 Å². The van der Waals surface area contributed by atoms with E-state index in [1.165, 1.54) is 19.3 Å². The monoisotopic (exact) mass is 331 g/mol. The molecule has 0 aliphatic carbocycles. The Balaban J connectivity index is 1.70. The summed E-state index contributed by atoms with van der Waals surface area (Å²) in [5.41, 5.74) is 6.71. The van der Waals surface area contributed by atoms with Crippen LogP contribution in [0.3, 0.4) is 0 Å². The van der Waals surface area contributed by atoms with Gasteiger partial charge in [0.2, 0.25) is 5.91 Å². The average Bonchev–Trinajstić information content (AvgIpc) is 2.98. The summed E-state index contributed by atoms with van der Waals surface area (Å²) in [7, 11) is 0. The fourth-order valence-corrected chi connectivity index (χ4v) is 3.88. The van der Waals surface area contributed by atoms with Gasteiger partial charge in [-0.2, -0.15) is 0 Å². The third-order valence-corrected chi connectivity index (χ3v) is 5.10. The lowest BCUT2D eigenvalue weighted by atomic mass is 9.99. The van der Waals surface area contributed by atoms with Crippen LogP contribution in [0.2, 0.25) is 0 Å². The zero-order valence-corrected chi connectivity index (χ0v) is 14.7. The maximum atomic E-state index is 11.8. The van der Waals surface area contributed by atoms with Gasteiger partial charge in [0, 0.05) is 50.3 Å². The van der Waals surface area contributed by atoms with E-state index in [2.05, 4.69) is 20.9 Å². The Bertz CT molecular complexity index is 577. The molecule has 0 unspecified atom stereocenters. The highest BCUT2D eigenvalue weighted by Gasteiger charge is 2.27. The van der Waals surface area contributed by atoms with E-state index in [4.69, 9.17) is 5.73 Å². The zero-order chi connectivity index (χ0) is 16.9. The molecule has 24 heavy (non-hydrogen) atoms. The first-order valence-electron chi connectivity index (χ1n) is 9.26. The topological polar surface area (TPSA) is 75.3 Å². The summed E-state index contributed by atoms with van der Waals surface area (Å²) < 4.78 is 0. The summed E-state index contributed by atoms with van der Waals surface area (Å²) in [5.74, 6) is 2.17. The van der Waals surface area contributed by atoms with Crippen LogP contribution in [-0.2, 0) is 11.2 Å². The van der Waals surface area contributed by atoms with Gasteiger partial charge in [-0.15, -0.1) is 0 Å². The van der Waals surface area contributed by atoms with Crippen molar-refractivity contribution in [3.05, 3.63) is 17.6 Å². The third-order valence-electron chi connectivity index (χ3n) is 5.10. The fourth-order valence-electron chi connectivity index (χ4n) is 3.88. The van der Waals surface area contributed by atoms with Crippen molar-refractivity contribution in [3.63, 3.8) is 0 Å². The van der Waals surface area contributed by atoms with Crippen molar-refractivity contribution in [1.29, 1.82) is 0 Å². The molecule has 6 heteroatoms. The second kappa shape index (κ2) is 7.92. The molecule has 132 valence electrons. The number of anilines is 1. The molecule has 6 nitrogen and oxygen atoms in total. The highest BCUT2D eigenvalue weighted by molar-refractivity contribution is 5.78. The number of aryl methyl sites for hydroxylation is 1.